The van der Waals surface area contributed by atoms with Gasteiger partial charge >= 0.3 is 7.12 Å². The summed E-state index contributed by atoms with van der Waals surface area (Å²) in [6.45, 7) is 7.85. The lowest BCUT2D eigenvalue weighted by Gasteiger charge is -2.32. The second kappa shape index (κ2) is 4.96. The molecule has 1 aliphatic rings. The minimum atomic E-state index is -3.39. The number of nitrogens with zero attached hydrogens (tertiary/aromatic N) is 1. The quantitative estimate of drug-likeness (QED) is 0.833. The van der Waals surface area contributed by atoms with Gasteiger partial charge in [-0.3, -0.25) is 0 Å². The number of aromatic nitrogens is 1. The van der Waals surface area contributed by atoms with Gasteiger partial charge in [0.15, 0.2) is 14.9 Å². The number of pyridine rings is 1. The molecular formula is C13H21BN2O4S. The summed E-state index contributed by atoms with van der Waals surface area (Å²) in [7, 11) is -2.30. The van der Waals surface area contributed by atoms with Crippen molar-refractivity contribution in [3.05, 3.63) is 12.3 Å². The molecule has 21 heavy (non-hydrogen) atoms. The molecule has 0 spiro atoms. The van der Waals surface area contributed by atoms with E-state index in [4.69, 9.17) is 9.31 Å². The van der Waals surface area contributed by atoms with Crippen LogP contribution in [-0.4, -0.2) is 45.0 Å². The lowest BCUT2D eigenvalue weighted by molar-refractivity contribution is 0.00578. The van der Waals surface area contributed by atoms with Crippen LogP contribution in [0.15, 0.2) is 17.3 Å². The summed E-state index contributed by atoms with van der Waals surface area (Å²) in [4.78, 5) is 4.05. The number of rotatable bonds is 3. The summed E-state index contributed by atoms with van der Waals surface area (Å²) in [5.41, 5.74) is 0.218. The highest BCUT2D eigenvalue weighted by atomic mass is 32.2. The van der Waals surface area contributed by atoms with Crippen molar-refractivity contribution in [2.45, 2.75) is 43.9 Å². The van der Waals surface area contributed by atoms with E-state index in [1.807, 2.05) is 27.7 Å². The summed E-state index contributed by atoms with van der Waals surface area (Å²) in [5, 5.41) is 2.87. The molecule has 0 aliphatic carbocycles. The van der Waals surface area contributed by atoms with Crippen molar-refractivity contribution in [1.29, 1.82) is 0 Å². The first kappa shape index (κ1) is 16.3. The van der Waals surface area contributed by atoms with Gasteiger partial charge < -0.3 is 14.6 Å². The molecule has 1 aromatic rings. The Balaban J connectivity index is 2.40. The molecule has 1 N–H and O–H groups in total. The largest absolute Gasteiger partial charge is 0.496 e. The first-order chi connectivity index (χ1) is 9.48. The third kappa shape index (κ3) is 2.93. The second-order valence-corrected chi connectivity index (χ2v) is 8.16. The highest BCUT2D eigenvalue weighted by Crippen LogP contribution is 2.36. The maximum atomic E-state index is 11.7. The first-order valence-corrected chi connectivity index (χ1v) is 8.60. The van der Waals surface area contributed by atoms with Crippen molar-refractivity contribution >= 4 is 28.1 Å². The molecule has 0 bridgehead atoms. The second-order valence-electron chi connectivity index (χ2n) is 6.23. The van der Waals surface area contributed by atoms with Crippen LogP contribution in [0.5, 0.6) is 0 Å². The average Bonchev–Trinajstić information content (AvgIpc) is 2.56. The zero-order chi connectivity index (χ0) is 16.1. The average molecular weight is 312 g/mol. The van der Waals surface area contributed by atoms with Gasteiger partial charge in [-0.05, 0) is 33.8 Å². The molecule has 6 nitrogen and oxygen atoms in total. The van der Waals surface area contributed by atoms with Crippen molar-refractivity contribution in [2.24, 2.45) is 0 Å². The number of hydrogen-bond donors (Lipinski definition) is 1. The topological polar surface area (TPSA) is 77.5 Å². The van der Waals surface area contributed by atoms with Crippen LogP contribution in [0.4, 0.5) is 5.69 Å². The predicted octanol–water partition coefficient (Wildman–Crippen LogP) is 0.826. The summed E-state index contributed by atoms with van der Waals surface area (Å²) in [6.07, 6.45) is 2.62. The number of hydrogen-bond acceptors (Lipinski definition) is 6. The zero-order valence-corrected chi connectivity index (χ0v) is 14.0. The fourth-order valence-electron chi connectivity index (χ4n) is 2.05. The van der Waals surface area contributed by atoms with Gasteiger partial charge in [-0.2, -0.15) is 0 Å². The molecule has 1 saturated heterocycles. The van der Waals surface area contributed by atoms with Crippen LogP contribution >= 0.6 is 0 Å². The van der Waals surface area contributed by atoms with Crippen molar-refractivity contribution in [3.63, 3.8) is 0 Å². The van der Waals surface area contributed by atoms with Crippen LogP contribution in [-0.2, 0) is 19.1 Å². The molecule has 8 heteroatoms. The van der Waals surface area contributed by atoms with Crippen molar-refractivity contribution in [3.8, 4) is 0 Å². The zero-order valence-electron chi connectivity index (χ0n) is 13.2. The Morgan fingerprint density at radius 1 is 1.19 bits per heavy atom. The highest BCUT2D eigenvalue weighted by molar-refractivity contribution is 7.90. The monoisotopic (exact) mass is 312 g/mol. The highest BCUT2D eigenvalue weighted by Gasteiger charge is 2.51. The van der Waals surface area contributed by atoms with E-state index in [-0.39, 0.29) is 5.03 Å². The van der Waals surface area contributed by atoms with Crippen LogP contribution in [0.1, 0.15) is 27.7 Å². The van der Waals surface area contributed by atoms with E-state index in [2.05, 4.69) is 10.3 Å². The first-order valence-electron chi connectivity index (χ1n) is 6.71. The van der Waals surface area contributed by atoms with Gasteiger partial charge in [-0.15, -0.1) is 0 Å². The molecule has 0 amide bonds. The Bertz CT molecular complexity index is 642. The van der Waals surface area contributed by atoms with Gasteiger partial charge in [-0.1, -0.05) is 0 Å². The third-order valence-electron chi connectivity index (χ3n) is 4.02. The summed E-state index contributed by atoms with van der Waals surface area (Å²) >= 11 is 0. The van der Waals surface area contributed by atoms with Gasteiger partial charge in [0.25, 0.3) is 0 Å². The van der Waals surface area contributed by atoms with Crippen LogP contribution in [0.3, 0.4) is 0 Å². The van der Waals surface area contributed by atoms with E-state index in [1.165, 1.54) is 6.20 Å². The molecule has 0 atom stereocenters. The normalized spacial score (nSPS) is 20.6. The Hall–Kier alpha value is -1.12. The van der Waals surface area contributed by atoms with E-state index < -0.39 is 28.2 Å². The SMILES string of the molecule is CNc1cc(B2OC(C)(C)C(C)(C)O2)cnc1S(C)(=O)=O. The lowest BCUT2D eigenvalue weighted by atomic mass is 9.80. The smallest absolute Gasteiger partial charge is 0.399 e. The molecule has 0 unspecified atom stereocenters. The van der Waals surface area contributed by atoms with Gasteiger partial charge in [0.1, 0.15) is 0 Å². The molecule has 1 fully saturated rings. The molecule has 0 radical (unpaired) electrons. The van der Waals surface area contributed by atoms with Gasteiger partial charge in [0.05, 0.1) is 16.9 Å². The molecular weight excluding hydrogens is 291 g/mol. The molecule has 0 aromatic carbocycles. The Kier molecular flexibility index (Phi) is 3.84. The van der Waals surface area contributed by atoms with E-state index in [9.17, 15) is 8.42 Å². The minimum Gasteiger partial charge on any atom is -0.399 e. The van der Waals surface area contributed by atoms with Gasteiger partial charge in [0, 0.05) is 25.0 Å². The third-order valence-corrected chi connectivity index (χ3v) is 5.05. The van der Waals surface area contributed by atoms with Gasteiger partial charge in [-0.25, -0.2) is 13.4 Å². The fourth-order valence-corrected chi connectivity index (χ4v) is 2.86. The van der Waals surface area contributed by atoms with Crippen molar-refractivity contribution < 1.29 is 17.7 Å². The minimum absolute atomic E-state index is 0.0188. The Morgan fingerprint density at radius 3 is 2.14 bits per heavy atom. The van der Waals surface area contributed by atoms with Crippen LogP contribution < -0.4 is 10.8 Å². The number of nitrogens with one attached hydrogen (secondary N) is 1. The standard InChI is InChI=1S/C13H21BN2O4S/c1-12(2)13(3,4)20-14(19-12)9-7-10(15-5)11(16-8-9)21(6,17)18/h7-8,15H,1-6H3. The summed E-state index contributed by atoms with van der Waals surface area (Å²) in [6, 6.07) is 1.70. The molecule has 116 valence electrons. The van der Waals surface area contributed by atoms with Crippen LogP contribution in [0.25, 0.3) is 0 Å². The van der Waals surface area contributed by atoms with E-state index >= 15 is 0 Å². The molecule has 0 saturated carbocycles. The molecule has 2 heterocycles. The van der Waals surface area contributed by atoms with Crippen molar-refractivity contribution in [1.82, 2.24) is 4.98 Å². The van der Waals surface area contributed by atoms with Gasteiger partial charge in [0.2, 0.25) is 0 Å². The molecule has 2 rings (SSSR count). The van der Waals surface area contributed by atoms with Crippen molar-refractivity contribution in [2.75, 3.05) is 18.6 Å². The molecule has 1 aromatic heterocycles. The van der Waals surface area contributed by atoms with Crippen LogP contribution in [0.2, 0.25) is 0 Å². The summed E-state index contributed by atoms with van der Waals surface area (Å²) < 4.78 is 35.2. The van der Waals surface area contributed by atoms with Crippen LogP contribution in [0, 0.1) is 0 Å². The van der Waals surface area contributed by atoms with E-state index in [0.717, 1.165) is 6.26 Å². The van der Waals surface area contributed by atoms with E-state index in [1.54, 1.807) is 13.1 Å². The number of anilines is 1. The lowest BCUT2D eigenvalue weighted by Crippen LogP contribution is -2.41. The fraction of sp³-hybridized carbons (Fsp3) is 0.615. The number of sulfone groups is 1. The molecule has 1 aliphatic heterocycles. The predicted molar refractivity (Wildman–Crippen MR) is 82.6 cm³/mol. The Morgan fingerprint density at radius 2 is 1.71 bits per heavy atom. The van der Waals surface area contributed by atoms with E-state index in [0.29, 0.717) is 11.2 Å². The summed E-state index contributed by atoms with van der Waals surface area (Å²) in [5.74, 6) is 0. The maximum Gasteiger partial charge on any atom is 0.496 e. The Labute approximate surface area is 126 Å². The maximum absolute atomic E-state index is 11.7.